The monoisotopic (exact) mass is 480 g/mol. The van der Waals surface area contributed by atoms with Gasteiger partial charge in [0.2, 0.25) is 11.8 Å². The predicted molar refractivity (Wildman–Crippen MR) is 133 cm³/mol. The molecule has 0 unspecified atom stereocenters. The van der Waals surface area contributed by atoms with Crippen molar-refractivity contribution in [1.82, 2.24) is 14.7 Å². The maximum absolute atomic E-state index is 13.1. The maximum atomic E-state index is 13.1. The zero-order chi connectivity index (χ0) is 24.9. The Bertz CT molecular complexity index is 1070. The number of hydrogen-bond acceptors (Lipinski definition) is 4. The number of piperidine rings is 1. The Balaban J connectivity index is 1.21. The molecule has 7 nitrogen and oxygen atoms in total. The molecule has 0 saturated carbocycles. The third kappa shape index (κ3) is 6.06. The second kappa shape index (κ2) is 11.0. The van der Waals surface area contributed by atoms with Gasteiger partial charge < -0.3 is 15.1 Å². The Labute approximate surface area is 205 Å². The number of amides is 3. The Kier molecular flexibility index (Phi) is 7.80. The van der Waals surface area contributed by atoms with E-state index in [4.69, 9.17) is 0 Å². The molecule has 0 aliphatic carbocycles. The summed E-state index contributed by atoms with van der Waals surface area (Å²) < 4.78 is 13.1. The van der Waals surface area contributed by atoms with Gasteiger partial charge in [-0.3, -0.25) is 19.3 Å². The van der Waals surface area contributed by atoms with Gasteiger partial charge in [0.15, 0.2) is 0 Å². The number of carbonyl (C=O) groups is 3. The number of halogens is 1. The minimum absolute atomic E-state index is 0.0447. The van der Waals surface area contributed by atoms with E-state index < -0.39 is 0 Å². The molecule has 2 aliphatic rings. The van der Waals surface area contributed by atoms with E-state index in [0.29, 0.717) is 64.2 Å². The molecule has 186 valence electrons. The van der Waals surface area contributed by atoms with Gasteiger partial charge in [-0.15, -0.1) is 0 Å². The van der Waals surface area contributed by atoms with Crippen LogP contribution < -0.4 is 5.32 Å². The smallest absolute Gasteiger partial charge is 0.253 e. The highest BCUT2D eigenvalue weighted by Crippen LogP contribution is 2.22. The van der Waals surface area contributed by atoms with Crippen LogP contribution in [0.3, 0.4) is 0 Å². The summed E-state index contributed by atoms with van der Waals surface area (Å²) in [6.45, 7) is 7.89. The van der Waals surface area contributed by atoms with Crippen LogP contribution >= 0.6 is 0 Å². The molecule has 2 aliphatic heterocycles. The van der Waals surface area contributed by atoms with Crippen LogP contribution in [0.25, 0.3) is 0 Å². The summed E-state index contributed by atoms with van der Waals surface area (Å²) >= 11 is 0. The fraction of sp³-hybridized carbons (Fsp3) is 0.444. The number of benzene rings is 2. The molecule has 0 spiro atoms. The van der Waals surface area contributed by atoms with Crippen LogP contribution in [-0.4, -0.2) is 78.2 Å². The van der Waals surface area contributed by atoms with Crippen molar-refractivity contribution in [3.63, 3.8) is 0 Å². The summed E-state index contributed by atoms with van der Waals surface area (Å²) in [4.78, 5) is 43.9. The molecule has 35 heavy (non-hydrogen) atoms. The molecule has 2 heterocycles. The van der Waals surface area contributed by atoms with E-state index >= 15 is 0 Å². The Morgan fingerprint density at radius 3 is 2.20 bits per heavy atom. The average molecular weight is 481 g/mol. The van der Waals surface area contributed by atoms with E-state index in [9.17, 15) is 18.8 Å². The Morgan fingerprint density at radius 1 is 0.886 bits per heavy atom. The number of carbonyl (C=O) groups excluding carboxylic acids is 3. The standard InChI is InChI=1S/C27H33FN4O3/c1-19-4-3-5-24(20(19)2)29-25(33)18-30-14-16-32(17-15-30)27(35)22-10-12-31(13-11-22)26(34)21-6-8-23(28)9-7-21/h3-9,22H,10-18H2,1-2H3,(H,29,33). The zero-order valence-corrected chi connectivity index (χ0v) is 20.4. The van der Waals surface area contributed by atoms with Crippen LogP contribution in [0.1, 0.15) is 34.3 Å². The quantitative estimate of drug-likeness (QED) is 0.714. The molecule has 8 heteroatoms. The zero-order valence-electron chi connectivity index (χ0n) is 20.4. The molecule has 3 amide bonds. The van der Waals surface area contributed by atoms with Crippen molar-refractivity contribution >= 4 is 23.4 Å². The van der Waals surface area contributed by atoms with Gasteiger partial charge in [-0.05, 0) is 68.1 Å². The highest BCUT2D eigenvalue weighted by Gasteiger charge is 2.32. The van der Waals surface area contributed by atoms with Crippen LogP contribution in [0.2, 0.25) is 0 Å². The van der Waals surface area contributed by atoms with E-state index in [1.165, 1.54) is 24.3 Å². The van der Waals surface area contributed by atoms with Gasteiger partial charge in [0.1, 0.15) is 5.82 Å². The summed E-state index contributed by atoms with van der Waals surface area (Å²) in [6, 6.07) is 11.4. The average Bonchev–Trinajstić information content (AvgIpc) is 2.87. The molecule has 2 saturated heterocycles. The van der Waals surface area contributed by atoms with Gasteiger partial charge in [0.25, 0.3) is 5.91 Å². The number of anilines is 1. The number of rotatable bonds is 5. The lowest BCUT2D eigenvalue weighted by Crippen LogP contribution is -2.53. The lowest BCUT2D eigenvalue weighted by Gasteiger charge is -2.38. The first-order valence-corrected chi connectivity index (χ1v) is 12.2. The second-order valence-corrected chi connectivity index (χ2v) is 9.47. The van der Waals surface area contributed by atoms with Crippen LogP contribution in [0.5, 0.6) is 0 Å². The van der Waals surface area contributed by atoms with Crippen molar-refractivity contribution in [2.75, 3.05) is 51.1 Å². The fourth-order valence-electron chi connectivity index (χ4n) is 4.77. The van der Waals surface area contributed by atoms with Gasteiger partial charge in [0, 0.05) is 56.4 Å². The maximum Gasteiger partial charge on any atom is 0.253 e. The summed E-state index contributed by atoms with van der Waals surface area (Å²) in [6.07, 6.45) is 1.26. The number of likely N-dealkylation sites (tertiary alicyclic amines) is 1. The third-order valence-electron chi connectivity index (χ3n) is 7.15. The van der Waals surface area contributed by atoms with Crippen LogP contribution in [0.15, 0.2) is 42.5 Å². The highest BCUT2D eigenvalue weighted by molar-refractivity contribution is 5.94. The molecular weight excluding hydrogens is 447 g/mol. The number of aryl methyl sites for hydroxylation is 1. The number of piperazine rings is 1. The van der Waals surface area contributed by atoms with Gasteiger partial charge in [-0.1, -0.05) is 12.1 Å². The van der Waals surface area contributed by atoms with Gasteiger partial charge >= 0.3 is 0 Å². The molecule has 0 aromatic heterocycles. The second-order valence-electron chi connectivity index (χ2n) is 9.47. The van der Waals surface area contributed by atoms with E-state index in [1.54, 1.807) is 4.90 Å². The molecule has 2 aromatic rings. The molecule has 4 rings (SSSR count). The van der Waals surface area contributed by atoms with E-state index in [-0.39, 0.29) is 29.5 Å². The molecule has 1 N–H and O–H groups in total. The van der Waals surface area contributed by atoms with Crippen molar-refractivity contribution in [3.8, 4) is 0 Å². The lowest BCUT2D eigenvalue weighted by molar-refractivity contribution is -0.138. The normalized spacial score (nSPS) is 17.3. The molecule has 0 radical (unpaired) electrons. The summed E-state index contributed by atoms with van der Waals surface area (Å²) in [5.74, 6) is -0.488. The number of nitrogens with zero attached hydrogens (tertiary/aromatic N) is 3. The first-order valence-electron chi connectivity index (χ1n) is 12.2. The van der Waals surface area contributed by atoms with Gasteiger partial charge in [0.05, 0.1) is 6.54 Å². The van der Waals surface area contributed by atoms with Crippen molar-refractivity contribution < 1.29 is 18.8 Å². The van der Waals surface area contributed by atoms with E-state index in [0.717, 1.165) is 16.8 Å². The van der Waals surface area contributed by atoms with Crippen molar-refractivity contribution in [3.05, 3.63) is 65.0 Å². The summed E-state index contributed by atoms with van der Waals surface area (Å²) in [5, 5.41) is 3.00. The van der Waals surface area contributed by atoms with Crippen LogP contribution in [0, 0.1) is 25.6 Å². The summed E-state index contributed by atoms with van der Waals surface area (Å²) in [7, 11) is 0. The first-order chi connectivity index (χ1) is 16.8. The predicted octanol–water partition coefficient (Wildman–Crippen LogP) is 3.08. The van der Waals surface area contributed by atoms with Crippen LogP contribution in [-0.2, 0) is 9.59 Å². The number of hydrogen-bond donors (Lipinski definition) is 1. The minimum Gasteiger partial charge on any atom is -0.340 e. The highest BCUT2D eigenvalue weighted by atomic mass is 19.1. The first kappa shape index (κ1) is 24.9. The lowest BCUT2D eigenvalue weighted by atomic mass is 9.94. The largest absolute Gasteiger partial charge is 0.340 e. The topological polar surface area (TPSA) is 73.0 Å². The van der Waals surface area contributed by atoms with Crippen molar-refractivity contribution in [2.45, 2.75) is 26.7 Å². The van der Waals surface area contributed by atoms with Crippen molar-refractivity contribution in [2.24, 2.45) is 5.92 Å². The van der Waals surface area contributed by atoms with Crippen LogP contribution in [0.4, 0.5) is 10.1 Å². The van der Waals surface area contributed by atoms with Gasteiger partial charge in [-0.25, -0.2) is 4.39 Å². The minimum atomic E-state index is -0.368. The molecular formula is C27H33FN4O3. The number of nitrogens with one attached hydrogen (secondary N) is 1. The molecule has 2 fully saturated rings. The third-order valence-corrected chi connectivity index (χ3v) is 7.15. The summed E-state index contributed by atoms with van der Waals surface area (Å²) in [5.41, 5.74) is 3.52. The van der Waals surface area contributed by atoms with Crippen molar-refractivity contribution in [1.29, 1.82) is 0 Å². The van der Waals surface area contributed by atoms with Gasteiger partial charge in [-0.2, -0.15) is 0 Å². The molecule has 2 aromatic carbocycles. The van der Waals surface area contributed by atoms with E-state index in [2.05, 4.69) is 10.2 Å². The molecule has 0 bridgehead atoms. The fourth-order valence-corrected chi connectivity index (χ4v) is 4.77. The Hall–Kier alpha value is -3.26. The molecule has 0 atom stereocenters. The van der Waals surface area contributed by atoms with E-state index in [1.807, 2.05) is 36.9 Å². The Morgan fingerprint density at radius 2 is 1.54 bits per heavy atom. The SMILES string of the molecule is Cc1cccc(NC(=O)CN2CCN(C(=O)C3CCN(C(=O)c4ccc(F)cc4)CC3)CC2)c1C.